The minimum Gasteiger partial charge on any atom is -0.206 e. The predicted molar refractivity (Wildman–Crippen MR) is 69.6 cm³/mol. The molecule has 3 aromatic rings. The van der Waals surface area contributed by atoms with Gasteiger partial charge in [-0.3, -0.25) is 0 Å². The molecule has 0 bridgehead atoms. The lowest BCUT2D eigenvalue weighted by molar-refractivity contribution is -0.687. The summed E-state index contributed by atoms with van der Waals surface area (Å²) in [5.41, 5.74) is 0.706. The number of hydrogen-bond donors (Lipinski definition) is 0. The first-order valence-electron chi connectivity index (χ1n) is 5.94. The molecule has 0 unspecified atom stereocenters. The topological polar surface area (TPSA) is 3.88 Å². The van der Waals surface area contributed by atoms with E-state index in [2.05, 4.69) is 18.2 Å². The first-order valence-corrected chi connectivity index (χ1v) is 5.94. The molecule has 0 atom stereocenters. The third kappa shape index (κ3) is 2.09. The van der Waals surface area contributed by atoms with E-state index in [9.17, 15) is 4.39 Å². The summed E-state index contributed by atoms with van der Waals surface area (Å²) in [5.74, 6) is -0.154. The van der Waals surface area contributed by atoms with Crippen LogP contribution in [0, 0.1) is 5.82 Å². The molecule has 0 aliphatic rings. The number of pyridine rings is 1. The van der Waals surface area contributed by atoms with Gasteiger partial charge in [0.1, 0.15) is 5.82 Å². The molecule has 0 saturated heterocycles. The van der Waals surface area contributed by atoms with Gasteiger partial charge in [-0.05, 0) is 23.6 Å². The summed E-state index contributed by atoms with van der Waals surface area (Å²) in [4.78, 5) is 0. The number of hydrogen-bond acceptors (Lipinski definition) is 0. The van der Waals surface area contributed by atoms with Crippen LogP contribution in [0.15, 0.2) is 67.0 Å². The Morgan fingerprint density at radius 2 is 1.56 bits per heavy atom. The van der Waals surface area contributed by atoms with Gasteiger partial charge >= 0.3 is 0 Å². The van der Waals surface area contributed by atoms with Gasteiger partial charge in [0.2, 0.25) is 0 Å². The Morgan fingerprint density at radius 3 is 2.39 bits per heavy atom. The fourth-order valence-corrected chi connectivity index (χ4v) is 2.10. The van der Waals surface area contributed by atoms with Gasteiger partial charge in [0.25, 0.3) is 0 Å². The second-order valence-corrected chi connectivity index (χ2v) is 4.34. The monoisotopic (exact) mass is 238 g/mol. The molecule has 0 amide bonds. The molecule has 3 rings (SSSR count). The molecule has 0 aliphatic carbocycles. The zero-order chi connectivity index (χ0) is 12.4. The van der Waals surface area contributed by atoms with Crippen molar-refractivity contribution in [1.82, 2.24) is 0 Å². The third-order valence-corrected chi connectivity index (χ3v) is 3.06. The maximum Gasteiger partial charge on any atom is 0.176 e. The lowest BCUT2D eigenvalue weighted by Crippen LogP contribution is -2.33. The molecule has 2 heteroatoms. The summed E-state index contributed by atoms with van der Waals surface area (Å²) >= 11 is 0. The summed E-state index contributed by atoms with van der Waals surface area (Å²) in [6.45, 7) is 0.553. The Labute approximate surface area is 105 Å². The highest BCUT2D eigenvalue weighted by atomic mass is 19.1. The maximum atomic E-state index is 13.6. The van der Waals surface area contributed by atoms with Crippen molar-refractivity contribution in [3.63, 3.8) is 0 Å². The zero-order valence-corrected chi connectivity index (χ0v) is 9.88. The summed E-state index contributed by atoms with van der Waals surface area (Å²) in [5, 5.41) is 2.36. The SMILES string of the molecule is Fc1ccccc1C[n+]1ccc2ccccc2c1. The average molecular weight is 238 g/mol. The van der Waals surface area contributed by atoms with Crippen LogP contribution in [0.4, 0.5) is 4.39 Å². The van der Waals surface area contributed by atoms with Crippen molar-refractivity contribution in [3.8, 4) is 0 Å². The fourth-order valence-electron chi connectivity index (χ4n) is 2.10. The maximum absolute atomic E-state index is 13.6. The smallest absolute Gasteiger partial charge is 0.176 e. The van der Waals surface area contributed by atoms with Crippen molar-refractivity contribution in [2.24, 2.45) is 0 Å². The van der Waals surface area contributed by atoms with Crippen LogP contribution in [0.2, 0.25) is 0 Å². The summed E-state index contributed by atoms with van der Waals surface area (Å²) < 4.78 is 15.6. The van der Waals surface area contributed by atoms with Gasteiger partial charge in [0.15, 0.2) is 18.9 Å². The van der Waals surface area contributed by atoms with Crippen molar-refractivity contribution >= 4 is 10.8 Å². The molecule has 0 radical (unpaired) electrons. The Balaban J connectivity index is 1.98. The molecule has 0 fully saturated rings. The predicted octanol–water partition coefficient (Wildman–Crippen LogP) is 3.31. The van der Waals surface area contributed by atoms with Crippen molar-refractivity contribution < 1.29 is 8.96 Å². The molecular formula is C16H13FN+. The number of halogens is 1. The zero-order valence-electron chi connectivity index (χ0n) is 9.88. The quantitative estimate of drug-likeness (QED) is 0.603. The van der Waals surface area contributed by atoms with Gasteiger partial charge in [0, 0.05) is 11.5 Å². The highest BCUT2D eigenvalue weighted by Gasteiger charge is 2.07. The standard InChI is InChI=1S/C16H13FN/c17-16-8-4-3-7-15(16)12-18-10-9-13-5-1-2-6-14(13)11-18/h1-11H,12H2/q+1. The molecule has 1 heterocycles. The van der Waals surface area contributed by atoms with E-state index in [0.29, 0.717) is 12.1 Å². The van der Waals surface area contributed by atoms with E-state index in [1.165, 1.54) is 11.5 Å². The highest BCUT2D eigenvalue weighted by molar-refractivity contribution is 5.80. The summed E-state index contributed by atoms with van der Waals surface area (Å²) in [7, 11) is 0. The fraction of sp³-hybridized carbons (Fsp3) is 0.0625. The summed E-state index contributed by atoms with van der Waals surface area (Å²) in [6.07, 6.45) is 4.02. The largest absolute Gasteiger partial charge is 0.206 e. The Bertz CT molecular complexity index is 691. The molecule has 1 nitrogen and oxygen atoms in total. The molecular weight excluding hydrogens is 225 g/mol. The molecule has 0 N–H and O–H groups in total. The number of rotatable bonds is 2. The van der Waals surface area contributed by atoms with Crippen molar-refractivity contribution in [3.05, 3.63) is 78.4 Å². The lowest BCUT2D eigenvalue weighted by Gasteiger charge is -2.01. The highest BCUT2D eigenvalue weighted by Crippen LogP contribution is 2.11. The first kappa shape index (κ1) is 10.9. The van der Waals surface area contributed by atoms with Crippen LogP contribution in [0.3, 0.4) is 0 Å². The second kappa shape index (κ2) is 4.57. The number of benzene rings is 2. The Morgan fingerprint density at radius 1 is 0.833 bits per heavy atom. The molecule has 88 valence electrons. The van der Waals surface area contributed by atoms with Crippen LogP contribution in [0.25, 0.3) is 10.8 Å². The molecule has 18 heavy (non-hydrogen) atoms. The second-order valence-electron chi connectivity index (χ2n) is 4.34. The molecule has 1 aromatic heterocycles. The van der Waals surface area contributed by atoms with E-state index < -0.39 is 0 Å². The normalized spacial score (nSPS) is 10.7. The average Bonchev–Trinajstić information content (AvgIpc) is 2.41. The van der Waals surface area contributed by atoms with Crippen molar-refractivity contribution in [2.75, 3.05) is 0 Å². The van der Waals surface area contributed by atoms with E-state index in [0.717, 1.165) is 5.39 Å². The Hall–Kier alpha value is -2.22. The van der Waals surface area contributed by atoms with E-state index in [1.807, 2.05) is 41.2 Å². The van der Waals surface area contributed by atoms with Crippen LogP contribution in [0.1, 0.15) is 5.56 Å². The minimum absolute atomic E-state index is 0.154. The summed E-state index contributed by atoms with van der Waals surface area (Å²) in [6, 6.07) is 17.1. The van der Waals surface area contributed by atoms with Crippen LogP contribution in [-0.4, -0.2) is 0 Å². The first-order chi connectivity index (χ1) is 8.83. The lowest BCUT2D eigenvalue weighted by atomic mass is 10.1. The van der Waals surface area contributed by atoms with Crippen LogP contribution >= 0.6 is 0 Å². The van der Waals surface area contributed by atoms with Gasteiger partial charge < -0.3 is 0 Å². The van der Waals surface area contributed by atoms with E-state index in [1.54, 1.807) is 6.07 Å². The van der Waals surface area contributed by atoms with Gasteiger partial charge in [-0.2, -0.15) is 0 Å². The third-order valence-electron chi connectivity index (χ3n) is 3.06. The molecule has 2 aromatic carbocycles. The van der Waals surface area contributed by atoms with Crippen LogP contribution in [-0.2, 0) is 6.54 Å². The van der Waals surface area contributed by atoms with Gasteiger partial charge in [-0.1, -0.05) is 30.3 Å². The van der Waals surface area contributed by atoms with Gasteiger partial charge in [0.05, 0.1) is 5.56 Å². The molecule has 0 spiro atoms. The molecule has 0 aliphatic heterocycles. The van der Waals surface area contributed by atoms with Gasteiger partial charge in [-0.25, -0.2) is 8.96 Å². The minimum atomic E-state index is -0.154. The van der Waals surface area contributed by atoms with E-state index in [-0.39, 0.29) is 5.82 Å². The van der Waals surface area contributed by atoms with Crippen LogP contribution < -0.4 is 4.57 Å². The number of nitrogens with zero attached hydrogens (tertiary/aromatic N) is 1. The van der Waals surface area contributed by atoms with E-state index >= 15 is 0 Å². The Kier molecular flexibility index (Phi) is 2.77. The van der Waals surface area contributed by atoms with Crippen molar-refractivity contribution in [1.29, 1.82) is 0 Å². The molecule has 0 saturated carbocycles. The van der Waals surface area contributed by atoms with Crippen LogP contribution in [0.5, 0.6) is 0 Å². The number of aromatic nitrogens is 1. The number of fused-ring (bicyclic) bond motifs is 1. The van der Waals surface area contributed by atoms with Gasteiger partial charge in [-0.15, -0.1) is 0 Å². The van der Waals surface area contributed by atoms with Crippen molar-refractivity contribution in [2.45, 2.75) is 6.54 Å². The van der Waals surface area contributed by atoms with E-state index in [4.69, 9.17) is 0 Å².